The summed E-state index contributed by atoms with van der Waals surface area (Å²) in [6.45, 7) is 2.05. The van der Waals surface area contributed by atoms with Crippen molar-refractivity contribution in [3.8, 4) is 11.8 Å². The van der Waals surface area contributed by atoms with E-state index < -0.39 is 12.1 Å². The fraction of sp³-hybridized carbons (Fsp3) is 0.357. The Kier molecular flexibility index (Phi) is 5.84. The molecule has 0 aliphatic carbocycles. The molecule has 0 radical (unpaired) electrons. The van der Waals surface area contributed by atoms with E-state index in [4.69, 9.17) is 4.74 Å². The molecule has 1 N–H and O–H groups in total. The number of hydrogen-bond acceptors (Lipinski definition) is 3. The van der Waals surface area contributed by atoms with Crippen LogP contribution in [0.3, 0.4) is 0 Å². The lowest BCUT2D eigenvalue weighted by atomic mass is 10.1. The third kappa shape index (κ3) is 5.74. The number of benzene rings is 1. The van der Waals surface area contributed by atoms with E-state index in [0.29, 0.717) is 13.0 Å². The summed E-state index contributed by atoms with van der Waals surface area (Å²) in [5, 5.41) is 9.45. The zero-order valence-electron chi connectivity index (χ0n) is 9.85. The maximum Gasteiger partial charge on any atom is 0.309 e. The highest BCUT2D eigenvalue weighted by Crippen LogP contribution is 1.99. The molecule has 1 atom stereocenters. The van der Waals surface area contributed by atoms with Crippen LogP contribution in [0.4, 0.5) is 0 Å². The fourth-order valence-electron chi connectivity index (χ4n) is 1.30. The molecule has 0 aliphatic heterocycles. The first-order valence-electron chi connectivity index (χ1n) is 5.58. The number of aliphatic hydroxyl groups excluding tert-OH is 1. The normalized spacial score (nSPS) is 11.2. The third-order valence-electron chi connectivity index (χ3n) is 2.07. The van der Waals surface area contributed by atoms with Crippen LogP contribution in [0.15, 0.2) is 30.3 Å². The molecule has 0 fully saturated rings. The van der Waals surface area contributed by atoms with E-state index in [2.05, 4.69) is 11.8 Å². The topological polar surface area (TPSA) is 46.5 Å². The Labute approximate surface area is 101 Å². The molecule has 0 aromatic heterocycles. The summed E-state index contributed by atoms with van der Waals surface area (Å²) in [7, 11) is 0. The van der Waals surface area contributed by atoms with Crippen LogP contribution in [-0.4, -0.2) is 23.8 Å². The Bertz CT molecular complexity index is 400. The zero-order chi connectivity index (χ0) is 12.5. The molecule has 90 valence electrons. The molecular formula is C14H16O3. The lowest BCUT2D eigenvalue weighted by molar-refractivity contribution is -0.144. The van der Waals surface area contributed by atoms with E-state index in [1.54, 1.807) is 6.92 Å². The molecular weight excluding hydrogens is 216 g/mol. The lowest BCUT2D eigenvalue weighted by Gasteiger charge is -2.02. The zero-order valence-corrected chi connectivity index (χ0v) is 9.85. The Morgan fingerprint density at radius 3 is 2.76 bits per heavy atom. The van der Waals surface area contributed by atoms with Crippen molar-refractivity contribution in [2.24, 2.45) is 0 Å². The van der Waals surface area contributed by atoms with E-state index >= 15 is 0 Å². The van der Waals surface area contributed by atoms with Gasteiger partial charge in [0.2, 0.25) is 0 Å². The highest BCUT2D eigenvalue weighted by atomic mass is 16.5. The van der Waals surface area contributed by atoms with Gasteiger partial charge in [0.1, 0.15) is 6.10 Å². The van der Waals surface area contributed by atoms with Crippen LogP contribution in [-0.2, 0) is 16.0 Å². The van der Waals surface area contributed by atoms with Crippen molar-refractivity contribution in [1.82, 2.24) is 0 Å². The molecule has 1 aromatic rings. The number of hydrogen-bond donors (Lipinski definition) is 1. The summed E-state index contributed by atoms with van der Waals surface area (Å²) in [5.41, 5.74) is 1.09. The highest BCUT2D eigenvalue weighted by Gasteiger charge is 2.07. The first-order valence-corrected chi connectivity index (χ1v) is 5.58. The Morgan fingerprint density at radius 2 is 2.12 bits per heavy atom. The SMILES string of the molecule is CCOC(=O)CC(O)C#CCc1ccccc1. The average Bonchev–Trinajstić information content (AvgIpc) is 2.30. The van der Waals surface area contributed by atoms with Crippen molar-refractivity contribution < 1.29 is 14.6 Å². The minimum Gasteiger partial charge on any atom is -0.466 e. The van der Waals surface area contributed by atoms with Gasteiger partial charge in [0.15, 0.2) is 0 Å². The molecule has 1 unspecified atom stereocenters. The Morgan fingerprint density at radius 1 is 1.41 bits per heavy atom. The smallest absolute Gasteiger partial charge is 0.309 e. The Hall–Kier alpha value is -1.79. The summed E-state index contributed by atoms with van der Waals surface area (Å²) in [6.07, 6.45) is -0.450. The van der Waals surface area contributed by atoms with Gasteiger partial charge in [-0.25, -0.2) is 0 Å². The number of carbonyl (C=O) groups is 1. The minimum absolute atomic E-state index is 0.0738. The van der Waals surface area contributed by atoms with Crippen molar-refractivity contribution >= 4 is 5.97 Å². The largest absolute Gasteiger partial charge is 0.466 e. The van der Waals surface area contributed by atoms with Gasteiger partial charge in [-0.1, -0.05) is 42.2 Å². The van der Waals surface area contributed by atoms with Gasteiger partial charge in [0, 0.05) is 6.42 Å². The van der Waals surface area contributed by atoms with Gasteiger partial charge in [-0.2, -0.15) is 0 Å². The summed E-state index contributed by atoms with van der Waals surface area (Å²) in [5.74, 6) is 5.04. The van der Waals surface area contributed by atoms with E-state index in [1.165, 1.54) is 0 Å². The maximum atomic E-state index is 11.0. The van der Waals surface area contributed by atoms with Gasteiger partial charge in [-0.3, -0.25) is 4.79 Å². The van der Waals surface area contributed by atoms with E-state index in [1.807, 2.05) is 30.3 Å². The number of aliphatic hydroxyl groups is 1. The summed E-state index contributed by atoms with van der Waals surface area (Å²) < 4.78 is 4.71. The molecule has 1 rings (SSSR count). The van der Waals surface area contributed by atoms with Crippen molar-refractivity contribution in [3.05, 3.63) is 35.9 Å². The number of carbonyl (C=O) groups excluding carboxylic acids is 1. The van der Waals surface area contributed by atoms with Crippen LogP contribution in [0.2, 0.25) is 0 Å². The van der Waals surface area contributed by atoms with Crippen molar-refractivity contribution in [2.75, 3.05) is 6.61 Å². The minimum atomic E-state index is -0.947. The van der Waals surface area contributed by atoms with Crippen LogP contribution in [0, 0.1) is 11.8 Å². The molecule has 1 aromatic carbocycles. The third-order valence-corrected chi connectivity index (χ3v) is 2.07. The molecule has 0 heterocycles. The highest BCUT2D eigenvalue weighted by molar-refractivity contribution is 5.70. The lowest BCUT2D eigenvalue weighted by Crippen LogP contribution is -2.13. The molecule has 0 saturated heterocycles. The predicted octanol–water partition coefficient (Wildman–Crippen LogP) is 1.55. The second kappa shape index (κ2) is 7.48. The van der Waals surface area contributed by atoms with Crippen LogP contribution >= 0.6 is 0 Å². The Balaban J connectivity index is 2.36. The average molecular weight is 232 g/mol. The van der Waals surface area contributed by atoms with Crippen molar-refractivity contribution in [3.63, 3.8) is 0 Å². The molecule has 0 amide bonds. The van der Waals surface area contributed by atoms with Crippen molar-refractivity contribution in [1.29, 1.82) is 0 Å². The van der Waals surface area contributed by atoms with Crippen molar-refractivity contribution in [2.45, 2.75) is 25.9 Å². The van der Waals surface area contributed by atoms with E-state index in [0.717, 1.165) is 5.56 Å². The first-order chi connectivity index (χ1) is 8.22. The molecule has 3 nitrogen and oxygen atoms in total. The molecule has 17 heavy (non-hydrogen) atoms. The van der Waals surface area contributed by atoms with Gasteiger partial charge in [-0.05, 0) is 12.5 Å². The van der Waals surface area contributed by atoms with Gasteiger partial charge >= 0.3 is 5.97 Å². The van der Waals surface area contributed by atoms with Crippen LogP contribution in [0.1, 0.15) is 18.9 Å². The number of ether oxygens (including phenoxy) is 1. The van der Waals surface area contributed by atoms with Gasteiger partial charge in [-0.15, -0.1) is 0 Å². The number of rotatable bonds is 4. The molecule has 0 aliphatic rings. The second-order valence-corrected chi connectivity index (χ2v) is 3.51. The quantitative estimate of drug-likeness (QED) is 0.633. The predicted molar refractivity (Wildman–Crippen MR) is 65.2 cm³/mol. The summed E-state index contributed by atoms with van der Waals surface area (Å²) in [4.78, 5) is 11.0. The summed E-state index contributed by atoms with van der Waals surface area (Å²) in [6, 6.07) is 9.74. The maximum absolute atomic E-state index is 11.0. The fourth-order valence-corrected chi connectivity index (χ4v) is 1.30. The summed E-state index contributed by atoms with van der Waals surface area (Å²) >= 11 is 0. The van der Waals surface area contributed by atoms with Crippen LogP contribution < -0.4 is 0 Å². The molecule has 3 heteroatoms. The van der Waals surface area contributed by atoms with Gasteiger partial charge in [0.25, 0.3) is 0 Å². The molecule has 0 bridgehead atoms. The van der Waals surface area contributed by atoms with Crippen LogP contribution in [0.5, 0.6) is 0 Å². The second-order valence-electron chi connectivity index (χ2n) is 3.51. The first kappa shape index (κ1) is 13.3. The number of esters is 1. The van der Waals surface area contributed by atoms with E-state index in [-0.39, 0.29) is 6.42 Å². The van der Waals surface area contributed by atoms with Gasteiger partial charge in [0.05, 0.1) is 13.0 Å². The standard InChI is InChI=1S/C14H16O3/c1-2-17-14(16)11-13(15)10-6-9-12-7-4-3-5-8-12/h3-5,7-8,13,15H,2,9,11H2,1H3. The molecule has 0 saturated carbocycles. The van der Waals surface area contributed by atoms with Gasteiger partial charge < -0.3 is 9.84 Å². The van der Waals surface area contributed by atoms with E-state index in [9.17, 15) is 9.90 Å². The molecule has 0 spiro atoms. The monoisotopic (exact) mass is 232 g/mol. The van der Waals surface area contributed by atoms with Crippen LogP contribution in [0.25, 0.3) is 0 Å².